The molecular weight excluding hydrogens is 359 g/mol. The molecule has 128 valence electrons. The van der Waals surface area contributed by atoms with Gasteiger partial charge in [0.25, 0.3) is 0 Å². The van der Waals surface area contributed by atoms with Gasteiger partial charge in [0.2, 0.25) is 11.0 Å². The smallest absolute Gasteiger partial charge is 0.248 e. The Bertz CT molecular complexity index is 850. The molecule has 8 heteroatoms. The molecule has 25 heavy (non-hydrogen) atoms. The van der Waals surface area contributed by atoms with Crippen molar-refractivity contribution in [2.75, 3.05) is 5.32 Å². The molecule has 3 rings (SSSR count). The largest absolute Gasteiger partial charge is 0.366 e. The van der Waals surface area contributed by atoms with Crippen LogP contribution in [-0.2, 0) is 12.3 Å². The van der Waals surface area contributed by atoms with Gasteiger partial charge >= 0.3 is 0 Å². The van der Waals surface area contributed by atoms with Crippen molar-refractivity contribution >= 4 is 34.1 Å². The fraction of sp³-hybridized carbons (Fsp3) is 0.118. The molecule has 2 aromatic carbocycles. The number of thioether (sulfide) groups is 1. The standard InChI is InChI=1S/C17H15FN4OS2/c18-14-7-3-11(4-8-14)9-20-16-21-22-17(25-16)24-10-12-1-5-13(6-2-12)15(19)23/h1-8H,9-10H2,(H2,19,23)(H,20,21). The molecular formula is C17H15FN4OS2. The fourth-order valence-corrected chi connectivity index (χ4v) is 3.73. The highest BCUT2D eigenvalue weighted by atomic mass is 32.2. The van der Waals surface area contributed by atoms with Gasteiger partial charge in [0, 0.05) is 17.9 Å². The molecule has 1 heterocycles. The molecule has 0 fully saturated rings. The normalized spacial score (nSPS) is 10.6. The SMILES string of the molecule is NC(=O)c1ccc(CSc2nnc(NCc3ccc(F)cc3)s2)cc1. The monoisotopic (exact) mass is 374 g/mol. The third-order valence-electron chi connectivity index (χ3n) is 3.36. The van der Waals surface area contributed by atoms with Gasteiger partial charge in [-0.15, -0.1) is 10.2 Å². The van der Waals surface area contributed by atoms with E-state index in [9.17, 15) is 9.18 Å². The van der Waals surface area contributed by atoms with Gasteiger partial charge < -0.3 is 11.1 Å². The molecule has 0 aliphatic rings. The number of rotatable bonds is 7. The zero-order chi connectivity index (χ0) is 17.6. The van der Waals surface area contributed by atoms with Gasteiger partial charge in [0.15, 0.2) is 4.34 Å². The van der Waals surface area contributed by atoms with Gasteiger partial charge in [0.05, 0.1) is 0 Å². The maximum absolute atomic E-state index is 12.9. The van der Waals surface area contributed by atoms with E-state index in [1.54, 1.807) is 36.0 Å². The van der Waals surface area contributed by atoms with Crippen LogP contribution in [0.5, 0.6) is 0 Å². The lowest BCUT2D eigenvalue weighted by Crippen LogP contribution is -2.10. The molecule has 3 N–H and O–H groups in total. The summed E-state index contributed by atoms with van der Waals surface area (Å²) in [6.07, 6.45) is 0. The molecule has 0 radical (unpaired) electrons. The van der Waals surface area contributed by atoms with Gasteiger partial charge in [-0.05, 0) is 35.4 Å². The van der Waals surface area contributed by atoms with Crippen LogP contribution < -0.4 is 11.1 Å². The minimum atomic E-state index is -0.430. The Hall–Kier alpha value is -2.45. The lowest BCUT2D eigenvalue weighted by Gasteiger charge is -2.01. The first-order chi connectivity index (χ1) is 12.1. The highest BCUT2D eigenvalue weighted by Crippen LogP contribution is 2.28. The first-order valence-corrected chi connectivity index (χ1v) is 9.24. The van der Waals surface area contributed by atoms with Crippen LogP contribution in [0.25, 0.3) is 0 Å². The number of aromatic nitrogens is 2. The summed E-state index contributed by atoms with van der Waals surface area (Å²) in [7, 11) is 0. The van der Waals surface area contributed by atoms with E-state index >= 15 is 0 Å². The number of benzene rings is 2. The van der Waals surface area contributed by atoms with Gasteiger partial charge in [-0.1, -0.05) is 47.4 Å². The summed E-state index contributed by atoms with van der Waals surface area (Å²) in [6, 6.07) is 13.5. The van der Waals surface area contributed by atoms with Gasteiger partial charge in [-0.2, -0.15) is 0 Å². The Balaban J connectivity index is 1.51. The van der Waals surface area contributed by atoms with E-state index < -0.39 is 5.91 Å². The molecule has 1 aromatic heterocycles. The maximum atomic E-state index is 12.9. The number of halogens is 1. The zero-order valence-corrected chi connectivity index (χ0v) is 14.7. The molecule has 0 saturated heterocycles. The lowest BCUT2D eigenvalue weighted by molar-refractivity contribution is 0.100. The number of hydrogen-bond acceptors (Lipinski definition) is 6. The van der Waals surface area contributed by atoms with E-state index in [0.717, 1.165) is 26.4 Å². The first-order valence-electron chi connectivity index (χ1n) is 7.43. The van der Waals surface area contributed by atoms with Crippen LogP contribution in [0.4, 0.5) is 9.52 Å². The van der Waals surface area contributed by atoms with Gasteiger partial charge in [-0.25, -0.2) is 4.39 Å². The third kappa shape index (κ3) is 5.01. The second kappa shape index (κ2) is 8.09. The van der Waals surface area contributed by atoms with Crippen molar-refractivity contribution in [1.82, 2.24) is 10.2 Å². The number of carbonyl (C=O) groups excluding carboxylic acids is 1. The summed E-state index contributed by atoms with van der Waals surface area (Å²) in [6.45, 7) is 0.564. The van der Waals surface area contributed by atoms with Crippen LogP contribution in [0.15, 0.2) is 52.9 Å². The predicted molar refractivity (Wildman–Crippen MR) is 98.2 cm³/mol. The number of hydrogen-bond donors (Lipinski definition) is 2. The van der Waals surface area contributed by atoms with Crippen molar-refractivity contribution in [3.8, 4) is 0 Å². The summed E-state index contributed by atoms with van der Waals surface area (Å²) in [5.41, 5.74) is 7.77. The Labute approximate surface area is 152 Å². The van der Waals surface area contributed by atoms with E-state index in [1.165, 1.54) is 23.5 Å². The number of carbonyl (C=O) groups is 1. The molecule has 3 aromatic rings. The van der Waals surface area contributed by atoms with Crippen LogP contribution in [0.3, 0.4) is 0 Å². The Kier molecular flexibility index (Phi) is 5.62. The summed E-state index contributed by atoms with van der Waals surface area (Å²) in [4.78, 5) is 11.0. The number of nitrogens with one attached hydrogen (secondary N) is 1. The van der Waals surface area contributed by atoms with Crippen LogP contribution >= 0.6 is 23.1 Å². The summed E-state index contributed by atoms with van der Waals surface area (Å²) in [5, 5.41) is 12.1. The van der Waals surface area contributed by atoms with E-state index in [2.05, 4.69) is 15.5 Å². The van der Waals surface area contributed by atoms with Crippen molar-refractivity contribution in [1.29, 1.82) is 0 Å². The number of nitrogens with zero attached hydrogens (tertiary/aromatic N) is 2. The molecule has 5 nitrogen and oxygen atoms in total. The van der Waals surface area contributed by atoms with Crippen molar-refractivity contribution in [2.45, 2.75) is 16.6 Å². The van der Waals surface area contributed by atoms with Crippen molar-refractivity contribution in [3.05, 3.63) is 71.0 Å². The van der Waals surface area contributed by atoms with Gasteiger partial charge in [-0.3, -0.25) is 4.79 Å². The summed E-state index contributed by atoms with van der Waals surface area (Å²) < 4.78 is 13.7. The van der Waals surface area contributed by atoms with E-state index in [-0.39, 0.29) is 5.82 Å². The Morgan fingerprint density at radius 3 is 2.44 bits per heavy atom. The topological polar surface area (TPSA) is 80.9 Å². The first kappa shape index (κ1) is 17.4. The minimum absolute atomic E-state index is 0.248. The summed E-state index contributed by atoms with van der Waals surface area (Å²) in [5.74, 6) is 0.0495. The van der Waals surface area contributed by atoms with Crippen molar-refractivity contribution < 1.29 is 9.18 Å². The second-order valence-corrected chi connectivity index (χ2v) is 7.40. The molecule has 0 aliphatic heterocycles. The average molecular weight is 374 g/mol. The fourth-order valence-electron chi connectivity index (χ4n) is 2.03. The molecule has 0 atom stereocenters. The highest BCUT2D eigenvalue weighted by molar-refractivity contribution is 8.00. The summed E-state index contributed by atoms with van der Waals surface area (Å²) >= 11 is 3.04. The number of primary amides is 1. The third-order valence-corrected chi connectivity index (χ3v) is 5.45. The van der Waals surface area contributed by atoms with E-state index in [0.29, 0.717) is 12.1 Å². The van der Waals surface area contributed by atoms with E-state index in [1.807, 2.05) is 12.1 Å². The number of amides is 1. The molecule has 0 bridgehead atoms. The Morgan fingerprint density at radius 2 is 1.76 bits per heavy atom. The molecule has 0 unspecified atom stereocenters. The molecule has 0 saturated carbocycles. The predicted octanol–water partition coefficient (Wildman–Crippen LogP) is 3.68. The van der Waals surface area contributed by atoms with Crippen LogP contribution in [0.1, 0.15) is 21.5 Å². The van der Waals surface area contributed by atoms with E-state index in [4.69, 9.17) is 5.73 Å². The van der Waals surface area contributed by atoms with Crippen LogP contribution in [-0.4, -0.2) is 16.1 Å². The quantitative estimate of drug-likeness (QED) is 0.617. The molecule has 0 aliphatic carbocycles. The van der Waals surface area contributed by atoms with Crippen molar-refractivity contribution in [3.63, 3.8) is 0 Å². The zero-order valence-electron chi connectivity index (χ0n) is 13.1. The maximum Gasteiger partial charge on any atom is 0.248 e. The molecule has 1 amide bonds. The second-order valence-electron chi connectivity index (χ2n) is 5.20. The Morgan fingerprint density at radius 1 is 1.08 bits per heavy atom. The minimum Gasteiger partial charge on any atom is -0.366 e. The van der Waals surface area contributed by atoms with Crippen molar-refractivity contribution in [2.24, 2.45) is 5.73 Å². The lowest BCUT2D eigenvalue weighted by atomic mass is 10.1. The van der Waals surface area contributed by atoms with Crippen LogP contribution in [0, 0.1) is 5.82 Å². The molecule has 0 spiro atoms. The van der Waals surface area contributed by atoms with Gasteiger partial charge in [0.1, 0.15) is 5.82 Å². The van der Waals surface area contributed by atoms with Crippen LogP contribution in [0.2, 0.25) is 0 Å². The highest BCUT2D eigenvalue weighted by Gasteiger charge is 2.06. The average Bonchev–Trinajstić information content (AvgIpc) is 3.08. The number of anilines is 1. The number of nitrogens with two attached hydrogens (primary N) is 1.